The Balaban J connectivity index is 1.33. The number of piperazine rings is 1. The maximum atomic E-state index is 12.3. The monoisotopic (exact) mass is 482 g/mol. The predicted molar refractivity (Wildman–Crippen MR) is 146 cm³/mol. The van der Waals surface area contributed by atoms with E-state index in [1.165, 1.54) is 16.5 Å². The third kappa shape index (κ3) is 4.84. The molecule has 0 aliphatic carbocycles. The molecule has 1 aliphatic heterocycles. The van der Waals surface area contributed by atoms with Crippen molar-refractivity contribution in [3.63, 3.8) is 0 Å². The van der Waals surface area contributed by atoms with E-state index in [-0.39, 0.29) is 5.91 Å². The summed E-state index contributed by atoms with van der Waals surface area (Å²) in [4.78, 5) is 31.4. The van der Waals surface area contributed by atoms with E-state index in [1.54, 1.807) is 0 Å². The number of pyridine rings is 2. The molecule has 186 valence electrons. The highest BCUT2D eigenvalue weighted by Crippen LogP contribution is 2.33. The fourth-order valence-electron chi connectivity index (χ4n) is 5.08. The number of H-pyrrole nitrogens is 1. The standard InChI is InChI=1S/C29H34N6O/c1-19-14-24(15-20(2)31-19)29-21(3)25-8-6-22(16-26(25)32-29)23-7-9-27(30-17-23)34-10-12-35(13-11-34)28(36)18-33(4)5/h6-9,14-17,32H,10-13,18H2,1-5H3. The molecular formula is C29H34N6O. The molecule has 1 saturated heterocycles. The van der Waals surface area contributed by atoms with Crippen molar-refractivity contribution in [2.24, 2.45) is 0 Å². The molecule has 0 unspecified atom stereocenters. The van der Waals surface area contributed by atoms with E-state index < -0.39 is 0 Å². The summed E-state index contributed by atoms with van der Waals surface area (Å²) in [7, 11) is 3.85. The van der Waals surface area contributed by atoms with E-state index in [0.29, 0.717) is 6.54 Å². The van der Waals surface area contributed by atoms with Crippen LogP contribution in [-0.4, -0.2) is 77.5 Å². The number of hydrogen-bond acceptors (Lipinski definition) is 5. The number of nitrogens with zero attached hydrogens (tertiary/aromatic N) is 5. The summed E-state index contributed by atoms with van der Waals surface area (Å²) in [5.74, 6) is 1.15. The third-order valence-electron chi connectivity index (χ3n) is 6.92. The summed E-state index contributed by atoms with van der Waals surface area (Å²) in [6, 6.07) is 15.1. The molecule has 0 atom stereocenters. The average Bonchev–Trinajstić information content (AvgIpc) is 3.19. The third-order valence-corrected chi connectivity index (χ3v) is 6.92. The number of carbonyl (C=O) groups is 1. The summed E-state index contributed by atoms with van der Waals surface area (Å²) < 4.78 is 0. The Morgan fingerprint density at radius 2 is 1.61 bits per heavy atom. The van der Waals surface area contributed by atoms with Gasteiger partial charge < -0.3 is 19.7 Å². The molecule has 7 heteroatoms. The Morgan fingerprint density at radius 1 is 0.917 bits per heavy atom. The number of amides is 1. The lowest BCUT2D eigenvalue weighted by molar-refractivity contribution is -0.132. The fraction of sp³-hybridized carbons (Fsp3) is 0.345. The number of aryl methyl sites for hydroxylation is 3. The van der Waals surface area contributed by atoms with Gasteiger partial charge in [0.2, 0.25) is 5.91 Å². The minimum atomic E-state index is 0.190. The maximum absolute atomic E-state index is 12.3. The first-order chi connectivity index (χ1) is 17.3. The first-order valence-electron chi connectivity index (χ1n) is 12.5. The van der Waals surface area contributed by atoms with Crippen LogP contribution in [0.15, 0.2) is 48.7 Å². The van der Waals surface area contributed by atoms with Crippen molar-refractivity contribution in [3.05, 3.63) is 65.6 Å². The van der Waals surface area contributed by atoms with E-state index in [9.17, 15) is 4.79 Å². The van der Waals surface area contributed by atoms with Crippen molar-refractivity contribution < 1.29 is 4.79 Å². The van der Waals surface area contributed by atoms with Gasteiger partial charge in [-0.2, -0.15) is 0 Å². The van der Waals surface area contributed by atoms with Crippen molar-refractivity contribution in [3.8, 4) is 22.4 Å². The Hall–Kier alpha value is -3.71. The molecule has 1 fully saturated rings. The van der Waals surface area contributed by atoms with Crippen LogP contribution in [0.5, 0.6) is 0 Å². The van der Waals surface area contributed by atoms with E-state index >= 15 is 0 Å². The Morgan fingerprint density at radius 3 is 2.25 bits per heavy atom. The number of anilines is 1. The van der Waals surface area contributed by atoms with Crippen LogP contribution in [0.2, 0.25) is 0 Å². The second-order valence-corrected chi connectivity index (χ2v) is 10.0. The van der Waals surface area contributed by atoms with E-state index in [4.69, 9.17) is 4.98 Å². The lowest BCUT2D eigenvalue weighted by Gasteiger charge is -2.36. The van der Waals surface area contributed by atoms with E-state index in [1.807, 2.05) is 43.9 Å². The van der Waals surface area contributed by atoms with Gasteiger partial charge in [0, 0.05) is 71.5 Å². The van der Waals surface area contributed by atoms with Gasteiger partial charge in [-0.15, -0.1) is 0 Å². The van der Waals surface area contributed by atoms with Crippen molar-refractivity contribution in [2.75, 3.05) is 51.7 Å². The highest BCUT2D eigenvalue weighted by Gasteiger charge is 2.22. The minimum Gasteiger partial charge on any atom is -0.354 e. The zero-order chi connectivity index (χ0) is 25.4. The van der Waals surface area contributed by atoms with Crippen LogP contribution >= 0.6 is 0 Å². The lowest BCUT2D eigenvalue weighted by Crippen LogP contribution is -2.50. The number of hydrogen-bond donors (Lipinski definition) is 1. The average molecular weight is 483 g/mol. The summed E-state index contributed by atoms with van der Waals surface area (Å²) >= 11 is 0. The molecule has 0 bridgehead atoms. The number of benzene rings is 1. The first kappa shape index (κ1) is 24.0. The van der Waals surface area contributed by atoms with Gasteiger partial charge in [-0.1, -0.05) is 12.1 Å². The summed E-state index contributed by atoms with van der Waals surface area (Å²) in [5, 5.41) is 1.23. The number of aromatic nitrogens is 3. The van der Waals surface area contributed by atoms with Gasteiger partial charge in [-0.05, 0) is 76.3 Å². The molecule has 4 heterocycles. The lowest BCUT2D eigenvalue weighted by atomic mass is 10.0. The first-order valence-corrected chi connectivity index (χ1v) is 12.5. The second kappa shape index (κ2) is 9.74. The highest BCUT2D eigenvalue weighted by atomic mass is 16.2. The van der Waals surface area contributed by atoms with Gasteiger partial charge in [0.15, 0.2) is 0 Å². The number of aromatic amines is 1. The molecule has 1 aliphatic rings. The number of fused-ring (bicyclic) bond motifs is 1. The van der Waals surface area contributed by atoms with Gasteiger partial charge in [0.05, 0.1) is 6.54 Å². The zero-order valence-corrected chi connectivity index (χ0v) is 21.8. The van der Waals surface area contributed by atoms with Crippen molar-refractivity contribution in [2.45, 2.75) is 20.8 Å². The molecule has 4 aromatic rings. The number of likely N-dealkylation sites (N-methyl/N-ethyl adjacent to an activating group) is 1. The Bertz CT molecular complexity index is 1380. The van der Waals surface area contributed by atoms with E-state index in [2.05, 4.69) is 64.3 Å². The van der Waals surface area contributed by atoms with Crippen molar-refractivity contribution in [1.29, 1.82) is 0 Å². The van der Waals surface area contributed by atoms with Crippen LogP contribution in [0.4, 0.5) is 5.82 Å². The molecule has 0 spiro atoms. The summed E-state index contributed by atoms with van der Waals surface area (Å²) in [5.41, 5.74) is 8.96. The number of rotatable bonds is 5. The molecule has 3 aromatic heterocycles. The van der Waals surface area contributed by atoms with Crippen LogP contribution in [0, 0.1) is 20.8 Å². The van der Waals surface area contributed by atoms with Crippen LogP contribution in [0.3, 0.4) is 0 Å². The Labute approximate surface area is 212 Å². The molecule has 36 heavy (non-hydrogen) atoms. The number of nitrogens with one attached hydrogen (secondary N) is 1. The van der Waals surface area contributed by atoms with Gasteiger partial charge in [-0.25, -0.2) is 4.98 Å². The zero-order valence-electron chi connectivity index (χ0n) is 21.8. The summed E-state index contributed by atoms with van der Waals surface area (Å²) in [6.07, 6.45) is 1.95. The molecule has 0 saturated carbocycles. The van der Waals surface area contributed by atoms with Crippen LogP contribution < -0.4 is 4.90 Å². The molecule has 1 aromatic carbocycles. The molecule has 1 N–H and O–H groups in total. The van der Waals surface area contributed by atoms with Crippen molar-refractivity contribution in [1.82, 2.24) is 24.8 Å². The topological polar surface area (TPSA) is 68.4 Å². The smallest absolute Gasteiger partial charge is 0.236 e. The summed E-state index contributed by atoms with van der Waals surface area (Å²) in [6.45, 7) is 9.77. The highest BCUT2D eigenvalue weighted by molar-refractivity contribution is 5.93. The number of carbonyl (C=O) groups excluding carboxylic acids is 1. The normalized spacial score (nSPS) is 14.2. The quantitative estimate of drug-likeness (QED) is 0.456. The predicted octanol–water partition coefficient (Wildman–Crippen LogP) is 4.43. The van der Waals surface area contributed by atoms with Gasteiger partial charge in [0.25, 0.3) is 0 Å². The second-order valence-electron chi connectivity index (χ2n) is 10.0. The fourth-order valence-corrected chi connectivity index (χ4v) is 5.08. The van der Waals surface area contributed by atoms with Crippen molar-refractivity contribution >= 4 is 22.6 Å². The molecule has 7 nitrogen and oxygen atoms in total. The van der Waals surface area contributed by atoms with Gasteiger partial charge in [0.1, 0.15) is 5.82 Å². The SMILES string of the molecule is Cc1cc(-c2[nH]c3cc(-c4ccc(N5CCN(C(=O)CN(C)C)CC5)nc4)ccc3c2C)cc(C)n1. The minimum absolute atomic E-state index is 0.190. The largest absolute Gasteiger partial charge is 0.354 e. The van der Waals surface area contributed by atoms with E-state index in [0.717, 1.165) is 65.7 Å². The molecule has 0 radical (unpaired) electrons. The van der Waals surface area contributed by atoms with Crippen LogP contribution in [-0.2, 0) is 4.79 Å². The van der Waals surface area contributed by atoms with Crippen LogP contribution in [0.25, 0.3) is 33.3 Å². The maximum Gasteiger partial charge on any atom is 0.236 e. The van der Waals surface area contributed by atoms with Crippen LogP contribution in [0.1, 0.15) is 17.0 Å². The molecule has 5 rings (SSSR count). The molecule has 1 amide bonds. The van der Waals surface area contributed by atoms with Gasteiger partial charge >= 0.3 is 0 Å². The Kier molecular flexibility index (Phi) is 6.49. The van der Waals surface area contributed by atoms with Gasteiger partial charge in [-0.3, -0.25) is 9.78 Å². The molecular weight excluding hydrogens is 448 g/mol.